The molecule has 0 N–H and O–H groups in total. The molecule has 0 radical (unpaired) electrons. The smallest absolute Gasteiger partial charge is 0.123 e. The summed E-state index contributed by atoms with van der Waals surface area (Å²) in [4.78, 5) is 4.61. The zero-order valence-corrected chi connectivity index (χ0v) is 29.3. The van der Waals surface area contributed by atoms with Gasteiger partial charge in [-0.2, -0.15) is 0 Å². The third-order valence-corrected chi connectivity index (χ3v) is 7.65. The highest BCUT2D eigenvalue weighted by Crippen LogP contribution is 2.31. The molecule has 48 heavy (non-hydrogen) atoms. The van der Waals surface area contributed by atoms with E-state index in [0.29, 0.717) is 145 Å². The molecular weight excluding hydrogens is 628 g/mol. The van der Waals surface area contributed by atoms with E-state index < -0.39 is 0 Å². The second kappa shape index (κ2) is 28.1. The van der Waals surface area contributed by atoms with Crippen LogP contribution in [0.4, 0.5) is 0 Å². The monoisotopic (exact) mass is 688 g/mol. The number of nitrogens with zero attached hydrogens (tertiary/aromatic N) is 2. The van der Waals surface area contributed by atoms with Crippen molar-refractivity contribution in [3.8, 4) is 11.5 Å². The van der Waals surface area contributed by atoms with Crippen molar-refractivity contribution in [1.29, 1.82) is 0 Å². The number of rotatable bonds is 6. The van der Waals surface area contributed by atoms with Crippen LogP contribution in [0.1, 0.15) is 11.1 Å². The molecule has 2 aliphatic rings. The van der Waals surface area contributed by atoms with Crippen LogP contribution in [0.5, 0.6) is 11.5 Å². The highest BCUT2D eigenvalue weighted by molar-refractivity contribution is 5.46. The summed E-state index contributed by atoms with van der Waals surface area (Å²) < 4.78 is 68.7. The largest absolute Gasteiger partial charge is 0.496 e. The van der Waals surface area contributed by atoms with Crippen LogP contribution < -0.4 is 9.47 Å². The van der Waals surface area contributed by atoms with Gasteiger partial charge in [0.15, 0.2) is 0 Å². The van der Waals surface area contributed by atoms with Crippen LogP contribution in [-0.2, 0) is 60.5 Å². The molecule has 0 atom stereocenters. The molecule has 0 amide bonds. The Bertz CT molecular complexity index is 807. The fraction of sp³-hybridized carbons (Fsp3) is 0.824. The van der Waals surface area contributed by atoms with Gasteiger partial charge < -0.3 is 56.8 Å². The van der Waals surface area contributed by atoms with Crippen molar-refractivity contribution in [3.05, 3.63) is 23.3 Å². The lowest BCUT2D eigenvalue weighted by molar-refractivity contribution is -0.0190. The Labute approximate surface area is 287 Å². The lowest BCUT2D eigenvalue weighted by Gasteiger charge is -2.26. The number of hydrogen-bond acceptors (Lipinski definition) is 14. The molecule has 3 rings (SSSR count). The molecule has 1 aromatic carbocycles. The predicted octanol–water partition coefficient (Wildman–Crippen LogP) is 1.50. The van der Waals surface area contributed by atoms with Gasteiger partial charge in [-0.25, -0.2) is 0 Å². The third kappa shape index (κ3) is 18.9. The maximum Gasteiger partial charge on any atom is 0.123 e. The van der Waals surface area contributed by atoms with Crippen LogP contribution >= 0.6 is 0 Å². The molecule has 14 heteroatoms. The number of methoxy groups -OCH3 is 2. The Morgan fingerprint density at radius 1 is 0.375 bits per heavy atom. The minimum Gasteiger partial charge on any atom is -0.496 e. The van der Waals surface area contributed by atoms with E-state index in [4.69, 9.17) is 56.8 Å². The predicted molar refractivity (Wildman–Crippen MR) is 178 cm³/mol. The first kappa shape index (κ1) is 40.8. The van der Waals surface area contributed by atoms with Gasteiger partial charge in [0.1, 0.15) is 11.5 Å². The van der Waals surface area contributed by atoms with Gasteiger partial charge in [-0.3, -0.25) is 9.80 Å². The first-order valence-corrected chi connectivity index (χ1v) is 17.3. The second-order valence-electron chi connectivity index (χ2n) is 11.2. The molecule has 0 saturated carbocycles. The van der Waals surface area contributed by atoms with Gasteiger partial charge in [-0.15, -0.1) is 0 Å². The van der Waals surface area contributed by atoms with Crippen LogP contribution in [0.15, 0.2) is 12.1 Å². The van der Waals surface area contributed by atoms with Gasteiger partial charge in [-0.1, -0.05) is 0 Å². The summed E-state index contributed by atoms with van der Waals surface area (Å²) in [5.74, 6) is 1.62. The molecule has 0 unspecified atom stereocenters. The first-order chi connectivity index (χ1) is 23.8. The average Bonchev–Trinajstić information content (AvgIpc) is 3.10. The van der Waals surface area contributed by atoms with Crippen molar-refractivity contribution >= 4 is 0 Å². The minimum atomic E-state index is 0.531. The van der Waals surface area contributed by atoms with Gasteiger partial charge in [0.05, 0.1) is 146 Å². The van der Waals surface area contributed by atoms with Crippen LogP contribution in [-0.4, -0.2) is 182 Å². The second-order valence-corrected chi connectivity index (χ2v) is 11.2. The van der Waals surface area contributed by atoms with E-state index in [2.05, 4.69) is 21.9 Å². The highest BCUT2D eigenvalue weighted by atomic mass is 16.6. The molecule has 0 aromatic heterocycles. The molecule has 0 bridgehead atoms. The van der Waals surface area contributed by atoms with Crippen LogP contribution in [0.3, 0.4) is 0 Å². The molecule has 1 aromatic rings. The number of hydrogen-bond donors (Lipinski definition) is 0. The van der Waals surface area contributed by atoms with E-state index >= 15 is 0 Å². The molecule has 14 nitrogen and oxygen atoms in total. The van der Waals surface area contributed by atoms with Gasteiger partial charge >= 0.3 is 0 Å². The van der Waals surface area contributed by atoms with Crippen molar-refractivity contribution in [2.24, 2.45) is 0 Å². The lowest BCUT2D eigenvalue weighted by atomic mass is 10.1. The van der Waals surface area contributed by atoms with Gasteiger partial charge in [0.25, 0.3) is 0 Å². The normalized spacial score (nSPS) is 22.0. The van der Waals surface area contributed by atoms with E-state index in [1.54, 1.807) is 14.2 Å². The number of benzene rings is 1. The van der Waals surface area contributed by atoms with Crippen molar-refractivity contribution in [3.63, 3.8) is 0 Å². The zero-order valence-electron chi connectivity index (χ0n) is 29.3. The van der Waals surface area contributed by atoms with E-state index in [0.717, 1.165) is 48.8 Å². The van der Waals surface area contributed by atoms with Crippen molar-refractivity contribution in [1.82, 2.24) is 9.80 Å². The van der Waals surface area contributed by atoms with Crippen LogP contribution in [0.25, 0.3) is 0 Å². The van der Waals surface area contributed by atoms with E-state index in [1.807, 2.05) is 0 Å². The standard InChI is InChI=1S/C34H60N2O12/c1-37-33-27-32(30-36-5-9-41-13-17-45-21-25-48-26-22-46-18-14-42-10-6-36)34(38-2)28-31(33)29-35-3-7-39-11-15-43-19-23-47-24-20-44-16-12-40-8-4-35/h27-28H,3-26,29-30H2,1-2H3. The maximum absolute atomic E-state index is 5.92. The Balaban J connectivity index is 1.61. The van der Waals surface area contributed by atoms with Gasteiger partial charge in [0.2, 0.25) is 0 Å². The highest BCUT2D eigenvalue weighted by Gasteiger charge is 2.17. The van der Waals surface area contributed by atoms with Crippen molar-refractivity contribution in [2.75, 3.05) is 173 Å². The summed E-state index contributed by atoms with van der Waals surface area (Å²) in [5.41, 5.74) is 2.06. The summed E-state index contributed by atoms with van der Waals surface area (Å²) in [7, 11) is 3.42. The van der Waals surface area contributed by atoms with Crippen molar-refractivity contribution < 1.29 is 56.8 Å². The van der Waals surface area contributed by atoms with E-state index in [1.165, 1.54) is 0 Å². The Hall–Kier alpha value is -1.66. The quantitative estimate of drug-likeness (QED) is 0.430. The van der Waals surface area contributed by atoms with Gasteiger partial charge in [0, 0.05) is 50.4 Å². The number of ether oxygens (including phenoxy) is 12. The summed E-state index contributed by atoms with van der Waals surface area (Å²) in [5, 5.41) is 0. The van der Waals surface area contributed by atoms with E-state index in [-0.39, 0.29) is 0 Å². The zero-order chi connectivity index (χ0) is 33.7. The molecular formula is C34H60N2O12. The van der Waals surface area contributed by atoms with Gasteiger partial charge in [-0.05, 0) is 12.1 Å². The molecule has 2 aliphatic heterocycles. The topological polar surface area (TPSA) is 117 Å². The molecule has 2 fully saturated rings. The fourth-order valence-electron chi connectivity index (χ4n) is 5.03. The lowest BCUT2D eigenvalue weighted by Crippen LogP contribution is -2.32. The molecule has 278 valence electrons. The van der Waals surface area contributed by atoms with Crippen LogP contribution in [0.2, 0.25) is 0 Å². The third-order valence-electron chi connectivity index (χ3n) is 7.65. The molecule has 2 saturated heterocycles. The van der Waals surface area contributed by atoms with E-state index in [9.17, 15) is 0 Å². The van der Waals surface area contributed by atoms with Crippen LogP contribution in [0, 0.1) is 0 Å². The summed E-state index contributed by atoms with van der Waals surface area (Å²) >= 11 is 0. The molecule has 2 heterocycles. The fourth-order valence-corrected chi connectivity index (χ4v) is 5.03. The Kier molecular flexibility index (Phi) is 23.9. The van der Waals surface area contributed by atoms with Crippen molar-refractivity contribution in [2.45, 2.75) is 13.1 Å². The molecule has 0 spiro atoms. The summed E-state index contributed by atoms with van der Waals surface area (Å²) in [6, 6.07) is 4.16. The summed E-state index contributed by atoms with van der Waals surface area (Å²) in [6.07, 6.45) is 0. The SMILES string of the molecule is COc1cc(CN2CCOCCOCCOCCOCCOCC2)c(OC)cc1CN1CCOCCOCCOCCOCCOCC1. The minimum absolute atomic E-state index is 0.531. The average molecular weight is 689 g/mol. The first-order valence-electron chi connectivity index (χ1n) is 17.3. The summed E-state index contributed by atoms with van der Waals surface area (Å²) in [6.45, 7) is 15.1. The molecule has 0 aliphatic carbocycles. The maximum atomic E-state index is 5.92. The Morgan fingerprint density at radius 2 is 0.583 bits per heavy atom. The Morgan fingerprint density at radius 3 is 0.792 bits per heavy atom.